The Balaban J connectivity index is 3.16. The average molecular weight is 327 g/mol. The number of carbonyl (C=O) groups is 1. The molecule has 1 atom stereocenters. The van der Waals surface area contributed by atoms with Crippen molar-refractivity contribution < 1.29 is 27.4 Å². The predicted molar refractivity (Wildman–Crippen MR) is 71.8 cm³/mol. The molecular formula is C12H14ClF3N2O3. The molecule has 21 heavy (non-hydrogen) atoms. The van der Waals surface area contributed by atoms with E-state index in [2.05, 4.69) is 5.32 Å². The van der Waals surface area contributed by atoms with E-state index in [1.807, 2.05) is 0 Å². The third-order valence-electron chi connectivity index (χ3n) is 2.78. The van der Waals surface area contributed by atoms with Crippen LogP contribution < -0.4 is 20.5 Å². The molecule has 0 aliphatic rings. The van der Waals surface area contributed by atoms with Gasteiger partial charge in [-0.1, -0.05) is 11.6 Å². The molecule has 118 valence electrons. The van der Waals surface area contributed by atoms with Gasteiger partial charge < -0.3 is 20.5 Å². The van der Waals surface area contributed by atoms with Crippen molar-refractivity contribution in [3.8, 4) is 11.5 Å². The van der Waals surface area contributed by atoms with Crippen LogP contribution in [0.5, 0.6) is 11.5 Å². The van der Waals surface area contributed by atoms with Crippen LogP contribution in [-0.4, -0.2) is 31.8 Å². The van der Waals surface area contributed by atoms with Gasteiger partial charge in [0.1, 0.15) is 11.5 Å². The fraction of sp³-hybridized carbons (Fsp3) is 0.417. The van der Waals surface area contributed by atoms with Gasteiger partial charge in [-0.05, 0) is 6.92 Å². The van der Waals surface area contributed by atoms with E-state index in [1.54, 1.807) is 0 Å². The van der Waals surface area contributed by atoms with Crippen LogP contribution in [0.2, 0.25) is 5.02 Å². The number of hydrogen-bond donors (Lipinski definition) is 2. The lowest BCUT2D eigenvalue weighted by atomic mass is 10.0. The van der Waals surface area contributed by atoms with Gasteiger partial charge in [0.25, 0.3) is 5.91 Å². The van der Waals surface area contributed by atoms with Crippen molar-refractivity contribution in [3.63, 3.8) is 0 Å². The van der Waals surface area contributed by atoms with Gasteiger partial charge in [0.05, 0.1) is 24.9 Å². The lowest BCUT2D eigenvalue weighted by Gasteiger charge is -2.26. The van der Waals surface area contributed by atoms with Crippen LogP contribution in [0.4, 0.5) is 18.9 Å². The topological polar surface area (TPSA) is 73.6 Å². The van der Waals surface area contributed by atoms with Gasteiger partial charge in [-0.3, -0.25) is 4.79 Å². The second-order valence-electron chi connectivity index (χ2n) is 4.34. The van der Waals surface area contributed by atoms with Crippen LogP contribution >= 0.6 is 11.6 Å². The van der Waals surface area contributed by atoms with E-state index in [0.29, 0.717) is 6.92 Å². The van der Waals surface area contributed by atoms with Crippen LogP contribution in [0.15, 0.2) is 12.1 Å². The Kier molecular flexibility index (Phi) is 4.95. The summed E-state index contributed by atoms with van der Waals surface area (Å²) in [6.07, 6.45) is -4.90. The molecule has 0 fully saturated rings. The monoisotopic (exact) mass is 326 g/mol. The van der Waals surface area contributed by atoms with Crippen molar-refractivity contribution in [1.82, 2.24) is 0 Å². The molecule has 5 nitrogen and oxygen atoms in total. The van der Waals surface area contributed by atoms with Gasteiger partial charge in [-0.15, -0.1) is 0 Å². The van der Waals surface area contributed by atoms with E-state index in [0.717, 1.165) is 0 Å². The highest BCUT2D eigenvalue weighted by atomic mass is 35.5. The highest BCUT2D eigenvalue weighted by molar-refractivity contribution is 6.32. The van der Waals surface area contributed by atoms with E-state index < -0.39 is 17.6 Å². The first kappa shape index (κ1) is 17.4. The molecule has 1 amide bonds. The zero-order valence-corrected chi connectivity index (χ0v) is 12.2. The maximum absolute atomic E-state index is 12.7. The number of alkyl halides is 3. The normalized spacial score (nSPS) is 14.3. The minimum atomic E-state index is -4.90. The Hall–Kier alpha value is -1.67. The maximum atomic E-state index is 12.7. The molecule has 1 rings (SSSR count). The van der Waals surface area contributed by atoms with Gasteiger partial charge in [-0.2, -0.15) is 13.2 Å². The Labute approximate surface area is 124 Å². The Morgan fingerprint density at radius 1 is 1.24 bits per heavy atom. The lowest BCUT2D eigenvalue weighted by molar-refractivity contribution is -0.184. The zero-order chi connectivity index (χ0) is 16.4. The maximum Gasteiger partial charge on any atom is 0.415 e. The van der Waals surface area contributed by atoms with Gasteiger partial charge in [0.15, 0.2) is 5.54 Å². The summed E-state index contributed by atoms with van der Waals surface area (Å²) in [7, 11) is 2.60. The molecule has 0 aliphatic heterocycles. The van der Waals surface area contributed by atoms with E-state index in [1.165, 1.54) is 26.4 Å². The van der Waals surface area contributed by atoms with Crippen molar-refractivity contribution in [2.45, 2.75) is 18.6 Å². The Bertz CT molecular complexity index is 547. The minimum absolute atomic E-state index is 0.0373. The third kappa shape index (κ3) is 3.51. The molecular weight excluding hydrogens is 313 g/mol. The molecule has 0 spiro atoms. The minimum Gasteiger partial charge on any atom is -0.495 e. The van der Waals surface area contributed by atoms with Crippen LogP contribution in [0, 0.1) is 0 Å². The fourth-order valence-electron chi connectivity index (χ4n) is 1.34. The molecule has 0 radical (unpaired) electrons. The van der Waals surface area contributed by atoms with Crippen molar-refractivity contribution in [1.29, 1.82) is 0 Å². The molecule has 1 aromatic carbocycles. The summed E-state index contributed by atoms with van der Waals surface area (Å²) in [6.45, 7) is 0.571. The predicted octanol–water partition coefficient (Wildman–Crippen LogP) is 2.58. The summed E-state index contributed by atoms with van der Waals surface area (Å²) in [5.41, 5.74) is 1.95. The average Bonchev–Trinajstić information content (AvgIpc) is 2.38. The first-order chi connectivity index (χ1) is 9.54. The largest absolute Gasteiger partial charge is 0.495 e. The second kappa shape index (κ2) is 5.98. The number of hydrogen-bond acceptors (Lipinski definition) is 4. The molecule has 0 bridgehead atoms. The number of benzene rings is 1. The molecule has 0 heterocycles. The van der Waals surface area contributed by atoms with Crippen LogP contribution in [-0.2, 0) is 4.79 Å². The Morgan fingerprint density at radius 3 is 2.19 bits per heavy atom. The number of anilines is 1. The smallest absolute Gasteiger partial charge is 0.415 e. The molecule has 1 aromatic rings. The van der Waals surface area contributed by atoms with E-state index in [-0.39, 0.29) is 22.2 Å². The number of nitrogens with two attached hydrogens (primary N) is 1. The number of ether oxygens (including phenoxy) is 2. The summed E-state index contributed by atoms with van der Waals surface area (Å²) in [5, 5.41) is 2.24. The highest BCUT2D eigenvalue weighted by Gasteiger charge is 2.54. The number of carbonyl (C=O) groups excluding carboxylic acids is 1. The van der Waals surface area contributed by atoms with Crippen molar-refractivity contribution in [3.05, 3.63) is 17.2 Å². The standard InChI is InChI=1S/C12H14ClF3N2O3/c1-11(17,12(14,15)16)10(19)18-7-5-8(20-2)6(13)4-9(7)21-3/h4-5H,17H2,1-3H3,(H,18,19). The molecule has 9 heteroatoms. The molecule has 3 N–H and O–H groups in total. The number of methoxy groups -OCH3 is 2. The van der Waals surface area contributed by atoms with Gasteiger partial charge in [0.2, 0.25) is 0 Å². The van der Waals surface area contributed by atoms with Crippen LogP contribution in [0.1, 0.15) is 6.92 Å². The van der Waals surface area contributed by atoms with Gasteiger partial charge >= 0.3 is 6.18 Å². The zero-order valence-electron chi connectivity index (χ0n) is 11.5. The molecule has 0 saturated carbocycles. The van der Waals surface area contributed by atoms with Crippen molar-refractivity contribution in [2.75, 3.05) is 19.5 Å². The summed E-state index contributed by atoms with van der Waals surface area (Å²) < 4.78 is 48.0. The first-order valence-electron chi connectivity index (χ1n) is 5.63. The summed E-state index contributed by atoms with van der Waals surface area (Å²) >= 11 is 5.86. The van der Waals surface area contributed by atoms with E-state index in [9.17, 15) is 18.0 Å². The summed E-state index contributed by atoms with van der Waals surface area (Å²) in [5.74, 6) is -1.19. The lowest BCUT2D eigenvalue weighted by Crippen LogP contribution is -2.59. The fourth-order valence-corrected chi connectivity index (χ4v) is 1.57. The van der Waals surface area contributed by atoms with E-state index in [4.69, 9.17) is 26.8 Å². The van der Waals surface area contributed by atoms with E-state index >= 15 is 0 Å². The number of nitrogens with one attached hydrogen (secondary N) is 1. The second-order valence-corrected chi connectivity index (χ2v) is 4.75. The van der Waals surface area contributed by atoms with Crippen molar-refractivity contribution in [2.24, 2.45) is 5.73 Å². The summed E-state index contributed by atoms with van der Waals surface area (Å²) in [6, 6.07) is 2.54. The molecule has 1 unspecified atom stereocenters. The number of amides is 1. The number of rotatable bonds is 4. The van der Waals surface area contributed by atoms with Crippen molar-refractivity contribution >= 4 is 23.2 Å². The van der Waals surface area contributed by atoms with Crippen LogP contribution in [0.3, 0.4) is 0 Å². The SMILES string of the molecule is COc1cc(NC(=O)C(C)(N)C(F)(F)F)c(OC)cc1Cl. The number of halogens is 4. The molecule has 0 aliphatic carbocycles. The summed E-state index contributed by atoms with van der Waals surface area (Å²) in [4.78, 5) is 11.7. The molecule has 0 aromatic heterocycles. The highest BCUT2D eigenvalue weighted by Crippen LogP contribution is 2.37. The van der Waals surface area contributed by atoms with Gasteiger partial charge in [0, 0.05) is 12.1 Å². The third-order valence-corrected chi connectivity index (χ3v) is 3.08. The Morgan fingerprint density at radius 2 is 1.76 bits per heavy atom. The quantitative estimate of drug-likeness (QED) is 0.892. The first-order valence-corrected chi connectivity index (χ1v) is 6.01. The van der Waals surface area contributed by atoms with Crippen LogP contribution in [0.25, 0.3) is 0 Å². The van der Waals surface area contributed by atoms with Gasteiger partial charge in [-0.25, -0.2) is 0 Å². The molecule has 0 saturated heterocycles.